The van der Waals surface area contributed by atoms with Gasteiger partial charge in [0.05, 0.1) is 18.9 Å². The van der Waals surface area contributed by atoms with E-state index in [-0.39, 0.29) is 34.9 Å². The summed E-state index contributed by atoms with van der Waals surface area (Å²) in [6.07, 6.45) is 9.75. The Bertz CT molecular complexity index is 1030. The molecule has 0 radical (unpaired) electrons. The molecule has 7 heteroatoms. The second-order valence-electron chi connectivity index (χ2n) is 13.8. The molecule has 2 N–H and O–H groups in total. The number of aliphatic hydroxyl groups excluding tert-OH is 1. The molecule has 7 nitrogen and oxygen atoms in total. The summed E-state index contributed by atoms with van der Waals surface area (Å²) in [5.41, 5.74) is 1.64. The minimum Gasteiger partial charge on any atom is -0.469 e. The summed E-state index contributed by atoms with van der Waals surface area (Å²) in [6.45, 7) is 10.9. The summed E-state index contributed by atoms with van der Waals surface area (Å²) in [6, 6.07) is 0.124. The second kappa shape index (κ2) is 10.3. The number of amides is 1. The highest BCUT2D eigenvalue weighted by Crippen LogP contribution is 2.68. The topological polar surface area (TPSA) is 102 Å². The molecule has 5 rings (SSSR count). The minimum atomic E-state index is -0.274. The van der Waals surface area contributed by atoms with Gasteiger partial charge in [-0.2, -0.15) is 0 Å². The molecule has 0 saturated heterocycles. The van der Waals surface area contributed by atoms with Gasteiger partial charge in [0.15, 0.2) is 0 Å². The number of nitrogens with zero attached hydrogens (tertiary/aromatic N) is 1. The number of nitrogens with one attached hydrogen (secondary N) is 1. The van der Waals surface area contributed by atoms with Crippen molar-refractivity contribution in [1.82, 2.24) is 10.5 Å². The van der Waals surface area contributed by atoms with Gasteiger partial charge in [-0.3, -0.25) is 9.59 Å². The molecule has 212 valence electrons. The first-order valence-electron chi connectivity index (χ1n) is 15.0. The number of aromatic nitrogens is 1. The van der Waals surface area contributed by atoms with Crippen LogP contribution in [0.4, 0.5) is 0 Å². The van der Waals surface area contributed by atoms with E-state index in [1.54, 1.807) is 6.92 Å². The third-order valence-corrected chi connectivity index (χ3v) is 12.1. The summed E-state index contributed by atoms with van der Waals surface area (Å²) in [7, 11) is 1.47. The van der Waals surface area contributed by atoms with E-state index in [1.807, 2.05) is 6.92 Å². The molecule has 1 aromatic heterocycles. The van der Waals surface area contributed by atoms with Crippen molar-refractivity contribution >= 4 is 11.9 Å². The van der Waals surface area contributed by atoms with Crippen LogP contribution >= 0.6 is 0 Å². The Morgan fingerprint density at radius 2 is 1.82 bits per heavy atom. The number of carbonyl (C=O) groups excluding carboxylic acids is 2. The zero-order valence-corrected chi connectivity index (χ0v) is 24.2. The number of aryl methyl sites for hydroxylation is 2. The van der Waals surface area contributed by atoms with Gasteiger partial charge >= 0.3 is 5.97 Å². The summed E-state index contributed by atoms with van der Waals surface area (Å²) < 4.78 is 10.1. The largest absolute Gasteiger partial charge is 0.469 e. The zero-order valence-electron chi connectivity index (χ0n) is 24.2. The molecule has 4 fully saturated rings. The number of rotatable bonds is 6. The number of methoxy groups -OCH3 is 1. The molecule has 1 heterocycles. The molecule has 0 spiro atoms. The van der Waals surface area contributed by atoms with Crippen LogP contribution in [0.1, 0.15) is 107 Å². The first-order valence-corrected chi connectivity index (χ1v) is 15.0. The maximum absolute atomic E-state index is 13.0. The number of carbonyl (C=O) groups is 2. The number of esters is 1. The number of fused-ring (bicyclic) bond motifs is 5. The van der Waals surface area contributed by atoms with Crippen molar-refractivity contribution in [2.45, 2.75) is 111 Å². The third kappa shape index (κ3) is 4.50. The molecular weight excluding hydrogens is 480 g/mol. The van der Waals surface area contributed by atoms with Crippen molar-refractivity contribution in [3.63, 3.8) is 0 Å². The molecule has 38 heavy (non-hydrogen) atoms. The lowest BCUT2D eigenvalue weighted by molar-refractivity contribution is -0.166. The average Bonchev–Trinajstić information content (AvgIpc) is 3.41. The molecule has 0 unspecified atom stereocenters. The van der Waals surface area contributed by atoms with Crippen LogP contribution in [0, 0.1) is 60.2 Å². The molecular formula is C31H48N2O5. The van der Waals surface area contributed by atoms with E-state index in [0.29, 0.717) is 58.9 Å². The first kappa shape index (κ1) is 27.7. The molecule has 4 aliphatic carbocycles. The van der Waals surface area contributed by atoms with Gasteiger partial charge in [0.25, 0.3) is 5.91 Å². The van der Waals surface area contributed by atoms with Crippen molar-refractivity contribution in [2.75, 3.05) is 7.11 Å². The van der Waals surface area contributed by atoms with E-state index in [2.05, 4.69) is 31.2 Å². The van der Waals surface area contributed by atoms with Crippen LogP contribution in [0.25, 0.3) is 0 Å². The molecule has 1 amide bonds. The molecule has 10 atom stereocenters. The fourth-order valence-corrected chi connectivity index (χ4v) is 10.0. The maximum atomic E-state index is 13.0. The summed E-state index contributed by atoms with van der Waals surface area (Å²) in [4.78, 5) is 24.8. The van der Waals surface area contributed by atoms with Crippen molar-refractivity contribution in [2.24, 2.45) is 46.3 Å². The van der Waals surface area contributed by atoms with Crippen LogP contribution in [-0.4, -0.2) is 41.4 Å². The normalized spacial score (nSPS) is 41.0. The van der Waals surface area contributed by atoms with Gasteiger partial charge in [0.2, 0.25) is 0 Å². The van der Waals surface area contributed by atoms with Gasteiger partial charge in [-0.25, -0.2) is 0 Å². The summed E-state index contributed by atoms with van der Waals surface area (Å²) >= 11 is 0. The minimum absolute atomic E-state index is 0.0872. The van der Waals surface area contributed by atoms with Gasteiger partial charge in [-0.15, -0.1) is 0 Å². The van der Waals surface area contributed by atoms with E-state index >= 15 is 0 Å². The van der Waals surface area contributed by atoms with Gasteiger partial charge in [0.1, 0.15) is 11.3 Å². The number of ether oxygens (including phenoxy) is 1. The van der Waals surface area contributed by atoms with Gasteiger partial charge in [0, 0.05) is 12.5 Å². The standard InChI is InChI=1S/C31H48N2O5/c1-17(7-10-26(35)37-6)22-8-9-23-28-24(12-14-31(22,23)5)30(4)13-11-21(15-20(30)16-25(28)34)32-29(36)27-18(2)33-38-19(27)3/h17,20-25,28,34H,7-16H2,1-6H3,(H,32,36)/t17-,20+,21+,22-,23+,24+,25-,28+,30+,31-/m1/s1. The van der Waals surface area contributed by atoms with Crippen LogP contribution < -0.4 is 5.32 Å². The van der Waals surface area contributed by atoms with Crippen LogP contribution in [0.15, 0.2) is 4.52 Å². The van der Waals surface area contributed by atoms with Crippen molar-refractivity contribution in [3.05, 3.63) is 17.0 Å². The van der Waals surface area contributed by atoms with Gasteiger partial charge < -0.3 is 19.7 Å². The molecule has 4 aliphatic rings. The monoisotopic (exact) mass is 528 g/mol. The SMILES string of the molecule is COC(=O)CC[C@@H](C)[C@H]1CC[C@H]2[C@@H]3[C@H](O)C[C@@H]4C[C@@H](NC(=O)c5c(C)noc5C)CC[C@]4(C)[C@H]3CC[C@]12C. The van der Waals surface area contributed by atoms with Crippen molar-refractivity contribution < 1.29 is 24.0 Å². The Hall–Kier alpha value is -1.89. The number of hydrogen-bond acceptors (Lipinski definition) is 6. The fraction of sp³-hybridized carbons (Fsp3) is 0.839. The Balaban J connectivity index is 1.27. The van der Waals surface area contributed by atoms with E-state index in [1.165, 1.54) is 32.8 Å². The molecule has 4 saturated carbocycles. The Kier molecular flexibility index (Phi) is 7.47. The Labute approximate surface area is 227 Å². The first-order chi connectivity index (χ1) is 18.0. The fourth-order valence-electron chi connectivity index (χ4n) is 10.0. The predicted molar refractivity (Wildman–Crippen MR) is 144 cm³/mol. The van der Waals surface area contributed by atoms with Crippen molar-refractivity contribution in [3.8, 4) is 0 Å². The lowest BCUT2D eigenvalue weighted by Gasteiger charge is -2.62. The number of aliphatic hydroxyl groups is 1. The predicted octanol–water partition coefficient (Wildman–Crippen LogP) is 5.61. The van der Waals surface area contributed by atoms with E-state index in [0.717, 1.165) is 32.1 Å². The van der Waals surface area contributed by atoms with Crippen LogP contribution in [0.2, 0.25) is 0 Å². The summed E-state index contributed by atoms with van der Waals surface area (Å²) in [5.74, 6) is 3.33. The van der Waals surface area contributed by atoms with Gasteiger partial charge in [-0.05, 0) is 118 Å². The lowest BCUT2D eigenvalue weighted by Crippen LogP contribution is -2.59. The number of hydrogen-bond donors (Lipinski definition) is 2. The van der Waals surface area contributed by atoms with Crippen molar-refractivity contribution in [1.29, 1.82) is 0 Å². The second-order valence-corrected chi connectivity index (χ2v) is 13.8. The zero-order chi connectivity index (χ0) is 27.4. The molecule has 1 aromatic rings. The summed E-state index contributed by atoms with van der Waals surface area (Å²) in [5, 5.41) is 18.9. The average molecular weight is 529 g/mol. The maximum Gasteiger partial charge on any atom is 0.305 e. The molecule has 0 bridgehead atoms. The van der Waals surface area contributed by atoms with E-state index < -0.39 is 0 Å². The third-order valence-electron chi connectivity index (χ3n) is 12.1. The van der Waals surface area contributed by atoms with E-state index in [4.69, 9.17) is 9.26 Å². The van der Waals surface area contributed by atoms with E-state index in [9.17, 15) is 14.7 Å². The lowest BCUT2D eigenvalue weighted by atomic mass is 9.43. The Morgan fingerprint density at radius 1 is 1.11 bits per heavy atom. The van der Waals surface area contributed by atoms with Crippen LogP contribution in [-0.2, 0) is 9.53 Å². The van der Waals surface area contributed by atoms with Crippen LogP contribution in [0.5, 0.6) is 0 Å². The molecule has 0 aliphatic heterocycles. The quantitative estimate of drug-likeness (QED) is 0.466. The van der Waals surface area contributed by atoms with Crippen LogP contribution in [0.3, 0.4) is 0 Å². The Morgan fingerprint density at radius 3 is 2.50 bits per heavy atom. The van der Waals surface area contributed by atoms with Gasteiger partial charge in [-0.1, -0.05) is 25.9 Å². The molecule has 0 aromatic carbocycles. The highest BCUT2D eigenvalue weighted by atomic mass is 16.5. The highest BCUT2D eigenvalue weighted by Gasteiger charge is 2.62. The highest BCUT2D eigenvalue weighted by molar-refractivity contribution is 5.96. The smallest absolute Gasteiger partial charge is 0.305 e.